The molecule has 19 heavy (non-hydrogen) atoms. The molecule has 0 fully saturated rings. The highest BCUT2D eigenvalue weighted by Gasteiger charge is 2.40. The smallest absolute Gasteiger partial charge is 0.379 e. The summed E-state index contributed by atoms with van der Waals surface area (Å²) >= 11 is 2.00. The van der Waals surface area contributed by atoms with E-state index in [9.17, 15) is 18.3 Å². The minimum absolute atomic E-state index is 0.212. The normalized spacial score (nSPS) is 13.6. The number of halogens is 4. The third kappa shape index (κ3) is 3.08. The number of aliphatic hydroxyl groups excluding tert-OH is 1. The Labute approximate surface area is 121 Å². The van der Waals surface area contributed by atoms with Gasteiger partial charge < -0.3 is 5.11 Å². The van der Waals surface area contributed by atoms with E-state index in [1.54, 1.807) is 25.3 Å². The van der Waals surface area contributed by atoms with Crippen molar-refractivity contribution in [3.05, 3.63) is 45.3 Å². The third-order valence-electron chi connectivity index (χ3n) is 2.57. The molecule has 0 aliphatic carbocycles. The Bertz CT molecular complexity index is 595. The quantitative estimate of drug-likeness (QED) is 0.809. The Morgan fingerprint density at radius 3 is 2.53 bits per heavy atom. The number of aromatic nitrogens is 2. The third-order valence-corrected chi connectivity index (χ3v) is 3.24. The van der Waals surface area contributed by atoms with Crippen LogP contribution in [0.15, 0.2) is 30.5 Å². The fourth-order valence-electron chi connectivity index (χ4n) is 1.67. The summed E-state index contributed by atoms with van der Waals surface area (Å²) in [4.78, 5) is 0. The van der Waals surface area contributed by atoms with Crippen molar-refractivity contribution in [1.82, 2.24) is 9.78 Å². The number of rotatable bonds is 2. The van der Waals surface area contributed by atoms with E-state index in [4.69, 9.17) is 0 Å². The topological polar surface area (TPSA) is 38.0 Å². The van der Waals surface area contributed by atoms with Crippen LogP contribution in [0.25, 0.3) is 5.69 Å². The summed E-state index contributed by atoms with van der Waals surface area (Å²) in [5, 5.41) is 13.5. The molecule has 7 heteroatoms. The molecule has 0 saturated heterocycles. The lowest BCUT2D eigenvalue weighted by Gasteiger charge is -2.18. The van der Waals surface area contributed by atoms with E-state index < -0.39 is 12.3 Å². The Kier molecular flexibility index (Phi) is 3.86. The molecule has 0 bridgehead atoms. The van der Waals surface area contributed by atoms with Gasteiger partial charge in [0.05, 0.1) is 11.4 Å². The number of hydrogen-bond acceptors (Lipinski definition) is 2. The fraction of sp³-hybridized carbons (Fsp3) is 0.250. The molecule has 1 aromatic carbocycles. The number of benzene rings is 1. The molecular formula is C12H10F3IN2O. The molecule has 0 spiro atoms. The first-order valence-corrected chi connectivity index (χ1v) is 6.44. The second kappa shape index (κ2) is 5.12. The first-order valence-electron chi connectivity index (χ1n) is 5.36. The zero-order chi connectivity index (χ0) is 14.2. The van der Waals surface area contributed by atoms with Gasteiger partial charge in [0.1, 0.15) is 0 Å². The van der Waals surface area contributed by atoms with Crippen molar-refractivity contribution in [3.63, 3.8) is 0 Å². The van der Waals surface area contributed by atoms with Crippen molar-refractivity contribution in [2.45, 2.75) is 19.2 Å². The lowest BCUT2D eigenvalue weighted by Crippen LogP contribution is -2.22. The number of nitrogens with zero attached hydrogens (tertiary/aromatic N) is 2. The number of hydrogen-bond donors (Lipinski definition) is 1. The SMILES string of the molecule is Cc1ccn(-c2cc(I)ccc2[C@@H](O)C(F)(F)F)n1. The maximum Gasteiger partial charge on any atom is 0.418 e. The average molecular weight is 382 g/mol. The van der Waals surface area contributed by atoms with E-state index in [0.717, 1.165) is 3.57 Å². The van der Waals surface area contributed by atoms with Gasteiger partial charge in [0, 0.05) is 15.3 Å². The Balaban J connectivity index is 2.56. The molecule has 1 atom stereocenters. The van der Waals surface area contributed by atoms with E-state index in [2.05, 4.69) is 5.10 Å². The summed E-state index contributed by atoms with van der Waals surface area (Å²) in [6.07, 6.45) is -5.67. The van der Waals surface area contributed by atoms with Crippen LogP contribution in [0.4, 0.5) is 13.2 Å². The van der Waals surface area contributed by atoms with Gasteiger partial charge in [-0.25, -0.2) is 4.68 Å². The molecule has 0 aliphatic rings. The Hall–Kier alpha value is -1.09. The van der Waals surface area contributed by atoms with Crippen molar-refractivity contribution < 1.29 is 18.3 Å². The summed E-state index contributed by atoms with van der Waals surface area (Å²) < 4.78 is 40.1. The second-order valence-electron chi connectivity index (χ2n) is 4.05. The van der Waals surface area contributed by atoms with E-state index in [1.807, 2.05) is 22.6 Å². The lowest BCUT2D eigenvalue weighted by molar-refractivity contribution is -0.206. The van der Waals surface area contributed by atoms with Gasteiger partial charge in [0.25, 0.3) is 0 Å². The molecular weight excluding hydrogens is 372 g/mol. The largest absolute Gasteiger partial charge is 0.418 e. The van der Waals surface area contributed by atoms with Gasteiger partial charge >= 0.3 is 6.18 Å². The predicted octanol–water partition coefficient (Wildman–Crippen LogP) is 3.38. The molecule has 0 unspecified atom stereocenters. The van der Waals surface area contributed by atoms with Crippen LogP contribution in [0.5, 0.6) is 0 Å². The molecule has 1 N–H and O–H groups in total. The van der Waals surface area contributed by atoms with Crippen molar-refractivity contribution >= 4 is 22.6 Å². The number of aryl methyl sites for hydroxylation is 1. The average Bonchev–Trinajstić information content (AvgIpc) is 2.73. The van der Waals surface area contributed by atoms with E-state index in [0.29, 0.717) is 5.69 Å². The van der Waals surface area contributed by atoms with Crippen LogP contribution in [-0.4, -0.2) is 21.1 Å². The van der Waals surface area contributed by atoms with Crippen LogP contribution in [0.3, 0.4) is 0 Å². The first kappa shape index (κ1) is 14.3. The van der Waals surface area contributed by atoms with Crippen molar-refractivity contribution in [2.75, 3.05) is 0 Å². The van der Waals surface area contributed by atoms with Crippen molar-refractivity contribution in [3.8, 4) is 5.69 Å². The molecule has 0 aliphatic heterocycles. The molecule has 0 saturated carbocycles. The molecule has 2 aromatic rings. The van der Waals surface area contributed by atoms with Gasteiger partial charge in [-0.15, -0.1) is 0 Å². The van der Waals surface area contributed by atoms with Gasteiger partial charge in [-0.3, -0.25) is 0 Å². The van der Waals surface area contributed by atoms with Crippen LogP contribution >= 0.6 is 22.6 Å². The van der Waals surface area contributed by atoms with Crippen LogP contribution in [0.1, 0.15) is 17.4 Å². The summed E-state index contributed by atoms with van der Waals surface area (Å²) in [5.41, 5.74) is 0.701. The Morgan fingerprint density at radius 1 is 1.32 bits per heavy atom. The molecule has 0 amide bonds. The van der Waals surface area contributed by atoms with E-state index >= 15 is 0 Å². The molecule has 1 heterocycles. The number of alkyl halides is 3. The van der Waals surface area contributed by atoms with E-state index in [1.165, 1.54) is 16.8 Å². The van der Waals surface area contributed by atoms with Gasteiger partial charge in [-0.1, -0.05) is 6.07 Å². The standard InChI is InChI=1S/C12H10F3IN2O/c1-7-4-5-18(17-7)10-6-8(16)2-3-9(10)11(19)12(13,14)15/h2-6,11,19H,1H3/t11-/m1/s1. The molecule has 0 radical (unpaired) electrons. The minimum atomic E-state index is -4.70. The summed E-state index contributed by atoms with van der Waals surface area (Å²) in [6.45, 7) is 1.74. The monoisotopic (exact) mass is 382 g/mol. The van der Waals surface area contributed by atoms with E-state index in [-0.39, 0.29) is 11.3 Å². The molecule has 102 valence electrons. The first-order chi connectivity index (χ1) is 8.79. The zero-order valence-electron chi connectivity index (χ0n) is 9.82. The number of aliphatic hydroxyl groups is 1. The molecule has 3 nitrogen and oxygen atoms in total. The zero-order valence-corrected chi connectivity index (χ0v) is 12.0. The lowest BCUT2D eigenvalue weighted by atomic mass is 10.1. The van der Waals surface area contributed by atoms with Crippen molar-refractivity contribution in [2.24, 2.45) is 0 Å². The fourth-order valence-corrected chi connectivity index (χ4v) is 2.15. The van der Waals surface area contributed by atoms with Gasteiger partial charge in [0.15, 0.2) is 6.10 Å². The summed E-state index contributed by atoms with van der Waals surface area (Å²) in [7, 11) is 0. The molecule has 1 aromatic heterocycles. The van der Waals surface area contributed by atoms with Crippen LogP contribution in [0.2, 0.25) is 0 Å². The van der Waals surface area contributed by atoms with Gasteiger partial charge in [0.2, 0.25) is 0 Å². The minimum Gasteiger partial charge on any atom is -0.379 e. The van der Waals surface area contributed by atoms with Gasteiger partial charge in [-0.2, -0.15) is 18.3 Å². The highest BCUT2D eigenvalue weighted by Crippen LogP contribution is 2.35. The summed E-state index contributed by atoms with van der Waals surface area (Å²) in [6, 6.07) is 6.03. The van der Waals surface area contributed by atoms with Crippen LogP contribution in [0, 0.1) is 10.5 Å². The maximum absolute atomic E-state index is 12.7. The highest BCUT2D eigenvalue weighted by molar-refractivity contribution is 14.1. The molecule has 2 rings (SSSR count). The van der Waals surface area contributed by atoms with Gasteiger partial charge in [-0.05, 0) is 47.7 Å². The summed E-state index contributed by atoms with van der Waals surface area (Å²) in [5.74, 6) is 0. The second-order valence-corrected chi connectivity index (χ2v) is 5.29. The van der Waals surface area contributed by atoms with Crippen LogP contribution < -0.4 is 0 Å². The van der Waals surface area contributed by atoms with Crippen LogP contribution in [-0.2, 0) is 0 Å². The predicted molar refractivity (Wildman–Crippen MR) is 72.0 cm³/mol. The van der Waals surface area contributed by atoms with Crippen molar-refractivity contribution in [1.29, 1.82) is 0 Å². The highest BCUT2D eigenvalue weighted by atomic mass is 127. The maximum atomic E-state index is 12.7. The Morgan fingerprint density at radius 2 is 2.00 bits per heavy atom.